The average Bonchev–Trinajstić information content (AvgIpc) is 2.37. The highest BCUT2D eigenvalue weighted by molar-refractivity contribution is 7.80. The fourth-order valence-electron chi connectivity index (χ4n) is 2.00. The Hall–Kier alpha value is -1.72. The second-order valence-corrected chi connectivity index (χ2v) is 4.88. The fourth-order valence-corrected chi connectivity index (χ4v) is 2.17. The van der Waals surface area contributed by atoms with Crippen molar-refractivity contribution >= 4 is 33.9 Å². The van der Waals surface area contributed by atoms with Gasteiger partial charge in [-0.05, 0) is 19.1 Å². The molecule has 0 aliphatic heterocycles. The molecule has 0 aliphatic carbocycles. The Kier molecular flexibility index (Phi) is 4.29. The summed E-state index contributed by atoms with van der Waals surface area (Å²) in [6.07, 6.45) is 0. The molecule has 1 unspecified atom stereocenters. The third kappa shape index (κ3) is 3.19. The Morgan fingerprint density at radius 1 is 1.47 bits per heavy atom. The summed E-state index contributed by atoms with van der Waals surface area (Å²) in [7, 11) is 1.67. The van der Waals surface area contributed by atoms with E-state index in [0.29, 0.717) is 11.6 Å². The minimum absolute atomic E-state index is 0.165. The number of nitrogens with one attached hydrogen (secondary N) is 1. The Balaban J connectivity index is 2.43. The molecular weight excluding hydrogens is 258 g/mol. The number of methoxy groups -OCH3 is 1. The van der Waals surface area contributed by atoms with E-state index in [0.717, 1.165) is 22.3 Å². The normalized spacial score (nSPS) is 12.3. The number of aromatic nitrogens is 1. The molecule has 0 aliphatic rings. The van der Waals surface area contributed by atoms with Gasteiger partial charge in [0.15, 0.2) is 0 Å². The van der Waals surface area contributed by atoms with E-state index in [1.54, 1.807) is 7.11 Å². The van der Waals surface area contributed by atoms with Gasteiger partial charge in [0.2, 0.25) is 0 Å². The van der Waals surface area contributed by atoms with Gasteiger partial charge in [-0.25, -0.2) is 4.98 Å². The number of pyridine rings is 1. The Bertz CT molecular complexity index is 600. The van der Waals surface area contributed by atoms with Crippen molar-refractivity contribution in [3.63, 3.8) is 0 Å². The summed E-state index contributed by atoms with van der Waals surface area (Å²) in [5.74, 6) is 0.756. The van der Waals surface area contributed by atoms with Crippen LogP contribution < -0.4 is 11.1 Å². The summed E-state index contributed by atoms with van der Waals surface area (Å²) in [6, 6.07) is 9.87. The topological polar surface area (TPSA) is 60.2 Å². The molecule has 3 N–H and O–H groups in total. The summed E-state index contributed by atoms with van der Waals surface area (Å²) in [5, 5.41) is 4.25. The molecule has 19 heavy (non-hydrogen) atoms. The number of nitrogens with two attached hydrogens (primary N) is 1. The number of hydrogen-bond donors (Lipinski definition) is 2. The first-order chi connectivity index (χ1) is 9.11. The molecule has 4 nitrogen and oxygen atoms in total. The second kappa shape index (κ2) is 5.95. The molecule has 2 aromatic rings. The summed E-state index contributed by atoms with van der Waals surface area (Å²) >= 11 is 5.11. The summed E-state index contributed by atoms with van der Waals surface area (Å²) in [5.41, 5.74) is 7.50. The molecule has 1 aromatic heterocycles. The molecule has 1 atom stereocenters. The van der Waals surface area contributed by atoms with Crippen LogP contribution in [0, 0.1) is 0 Å². The van der Waals surface area contributed by atoms with Crippen LogP contribution in [0.3, 0.4) is 0 Å². The molecule has 5 heteroatoms. The molecule has 1 heterocycles. The first kappa shape index (κ1) is 13.7. The minimum atomic E-state index is 0.165. The van der Waals surface area contributed by atoms with E-state index in [1.807, 2.05) is 37.3 Å². The van der Waals surface area contributed by atoms with Crippen molar-refractivity contribution in [2.24, 2.45) is 5.73 Å². The maximum atomic E-state index is 5.79. The van der Waals surface area contributed by atoms with Crippen molar-refractivity contribution in [3.05, 3.63) is 35.9 Å². The van der Waals surface area contributed by atoms with Crippen LogP contribution in [0.15, 0.2) is 30.3 Å². The Morgan fingerprint density at radius 2 is 2.21 bits per heavy atom. The van der Waals surface area contributed by atoms with Crippen LogP contribution in [0.25, 0.3) is 10.9 Å². The smallest absolute Gasteiger partial charge is 0.127 e. The van der Waals surface area contributed by atoms with Gasteiger partial charge < -0.3 is 15.8 Å². The lowest BCUT2D eigenvalue weighted by Crippen LogP contribution is -2.22. The Morgan fingerprint density at radius 3 is 2.89 bits per heavy atom. The first-order valence-electron chi connectivity index (χ1n) is 6.07. The second-order valence-electron chi connectivity index (χ2n) is 4.44. The first-order valence-corrected chi connectivity index (χ1v) is 6.47. The third-order valence-electron chi connectivity index (χ3n) is 2.79. The van der Waals surface area contributed by atoms with Crippen LogP contribution in [0.1, 0.15) is 12.5 Å². The Labute approximate surface area is 118 Å². The van der Waals surface area contributed by atoms with Crippen LogP contribution in [0.2, 0.25) is 0 Å². The van der Waals surface area contributed by atoms with Gasteiger partial charge >= 0.3 is 0 Å². The van der Waals surface area contributed by atoms with Crippen LogP contribution >= 0.6 is 12.2 Å². The molecule has 0 saturated carbocycles. The highest BCUT2D eigenvalue weighted by Gasteiger charge is 2.09. The van der Waals surface area contributed by atoms with Crippen LogP contribution in [0.5, 0.6) is 0 Å². The number of hydrogen-bond acceptors (Lipinski definition) is 4. The quantitative estimate of drug-likeness (QED) is 0.820. The summed E-state index contributed by atoms with van der Waals surface area (Å²) < 4.78 is 5.10. The van der Waals surface area contributed by atoms with Crippen LogP contribution in [-0.4, -0.2) is 29.7 Å². The van der Waals surface area contributed by atoms with E-state index >= 15 is 0 Å². The molecular formula is C14H17N3OS. The van der Waals surface area contributed by atoms with Crippen LogP contribution in [0.4, 0.5) is 5.82 Å². The standard InChI is InChI=1S/C14H17N3OS/c1-9(8-18-2)16-13-7-11(14(15)19)10-5-3-4-6-12(10)17-13/h3-7,9H,8H2,1-2H3,(H2,15,19)(H,16,17). The zero-order valence-electron chi connectivity index (χ0n) is 11.0. The number of benzene rings is 1. The number of ether oxygens (including phenoxy) is 1. The number of para-hydroxylation sites is 1. The molecule has 2 rings (SSSR count). The van der Waals surface area contributed by atoms with Gasteiger partial charge in [-0.1, -0.05) is 30.4 Å². The lowest BCUT2D eigenvalue weighted by Gasteiger charge is -2.15. The largest absolute Gasteiger partial charge is 0.389 e. The molecule has 1 aromatic carbocycles. The highest BCUT2D eigenvalue weighted by atomic mass is 32.1. The monoisotopic (exact) mass is 275 g/mol. The molecule has 0 saturated heterocycles. The lowest BCUT2D eigenvalue weighted by atomic mass is 10.1. The van der Waals surface area contributed by atoms with Gasteiger partial charge in [0.1, 0.15) is 10.8 Å². The van der Waals surface area contributed by atoms with Gasteiger partial charge in [-0.15, -0.1) is 0 Å². The van der Waals surface area contributed by atoms with Crippen molar-refractivity contribution in [3.8, 4) is 0 Å². The van der Waals surface area contributed by atoms with Crippen molar-refractivity contribution in [2.45, 2.75) is 13.0 Å². The SMILES string of the molecule is COCC(C)Nc1cc(C(N)=S)c2ccccc2n1. The zero-order valence-corrected chi connectivity index (χ0v) is 11.8. The average molecular weight is 275 g/mol. The minimum Gasteiger partial charge on any atom is -0.389 e. The number of anilines is 1. The number of thiocarbonyl (C=S) groups is 1. The van der Waals surface area contributed by atoms with E-state index in [1.165, 1.54) is 0 Å². The van der Waals surface area contributed by atoms with Gasteiger partial charge in [0, 0.05) is 24.1 Å². The predicted molar refractivity (Wildman–Crippen MR) is 82.6 cm³/mol. The van der Waals surface area contributed by atoms with E-state index in [2.05, 4.69) is 10.3 Å². The molecule has 0 bridgehead atoms. The van der Waals surface area contributed by atoms with Crippen LogP contribution in [-0.2, 0) is 4.74 Å². The number of fused-ring (bicyclic) bond motifs is 1. The van der Waals surface area contributed by atoms with Crippen molar-refractivity contribution in [1.29, 1.82) is 0 Å². The van der Waals surface area contributed by atoms with Crippen molar-refractivity contribution in [2.75, 3.05) is 19.0 Å². The van der Waals surface area contributed by atoms with Crippen molar-refractivity contribution < 1.29 is 4.74 Å². The summed E-state index contributed by atoms with van der Waals surface area (Å²) in [6.45, 7) is 2.64. The molecule has 0 radical (unpaired) electrons. The maximum Gasteiger partial charge on any atom is 0.127 e. The predicted octanol–water partition coefficient (Wildman–Crippen LogP) is 2.32. The van der Waals surface area contributed by atoms with E-state index in [-0.39, 0.29) is 6.04 Å². The zero-order chi connectivity index (χ0) is 13.8. The van der Waals surface area contributed by atoms with E-state index in [9.17, 15) is 0 Å². The fraction of sp³-hybridized carbons (Fsp3) is 0.286. The third-order valence-corrected chi connectivity index (χ3v) is 3.01. The summed E-state index contributed by atoms with van der Waals surface area (Å²) in [4.78, 5) is 4.93. The number of nitrogens with zero attached hydrogens (tertiary/aromatic N) is 1. The molecule has 0 amide bonds. The molecule has 0 fully saturated rings. The number of rotatable bonds is 5. The molecule has 0 spiro atoms. The van der Waals surface area contributed by atoms with Crippen molar-refractivity contribution in [1.82, 2.24) is 4.98 Å². The van der Waals surface area contributed by atoms with Gasteiger partial charge in [0.25, 0.3) is 0 Å². The van der Waals surface area contributed by atoms with E-state index < -0.39 is 0 Å². The molecule has 100 valence electrons. The highest BCUT2D eigenvalue weighted by Crippen LogP contribution is 2.21. The van der Waals surface area contributed by atoms with Gasteiger partial charge in [-0.3, -0.25) is 0 Å². The maximum absolute atomic E-state index is 5.79. The lowest BCUT2D eigenvalue weighted by molar-refractivity contribution is 0.190. The van der Waals surface area contributed by atoms with Gasteiger partial charge in [-0.2, -0.15) is 0 Å². The van der Waals surface area contributed by atoms with E-state index in [4.69, 9.17) is 22.7 Å². The van der Waals surface area contributed by atoms with Gasteiger partial charge in [0.05, 0.1) is 12.1 Å².